The molecular formula is C25H16ClFN4O4S. The Kier molecular flexibility index (Phi) is 7.33. The van der Waals surface area contributed by atoms with E-state index in [0.29, 0.717) is 16.3 Å². The van der Waals surface area contributed by atoms with Crippen molar-refractivity contribution in [1.82, 2.24) is 0 Å². The van der Waals surface area contributed by atoms with Crippen LogP contribution in [0.15, 0.2) is 83.4 Å². The third kappa shape index (κ3) is 5.38. The molecule has 4 rings (SSSR count). The summed E-state index contributed by atoms with van der Waals surface area (Å²) in [6, 6.07) is 19.2. The highest BCUT2D eigenvalue weighted by molar-refractivity contribution is 8.05. The molecule has 180 valence electrons. The number of nitro groups is 1. The summed E-state index contributed by atoms with van der Waals surface area (Å²) in [6.45, 7) is 0. The normalized spacial score (nSPS) is 16.4. The van der Waals surface area contributed by atoms with Crippen LogP contribution in [0.5, 0.6) is 0 Å². The maximum absolute atomic E-state index is 13.5. The van der Waals surface area contributed by atoms with E-state index in [2.05, 4.69) is 5.32 Å². The lowest BCUT2D eigenvalue weighted by atomic mass is 10.1. The van der Waals surface area contributed by atoms with E-state index in [1.807, 2.05) is 6.07 Å². The number of nitrogens with zero attached hydrogens (tertiary/aromatic N) is 3. The number of non-ortho nitro benzene ring substituents is 1. The number of anilines is 2. The van der Waals surface area contributed by atoms with Gasteiger partial charge in [-0.05, 0) is 60.5 Å². The first kappa shape index (κ1) is 24.9. The van der Waals surface area contributed by atoms with Crippen molar-refractivity contribution in [3.63, 3.8) is 0 Å². The molecule has 1 N–H and O–H groups in total. The molecule has 2 amide bonds. The molecule has 0 spiro atoms. The molecule has 11 heteroatoms. The second-order valence-electron chi connectivity index (χ2n) is 7.64. The summed E-state index contributed by atoms with van der Waals surface area (Å²) in [6.07, 6.45) is 0.136. The van der Waals surface area contributed by atoms with Crippen molar-refractivity contribution in [2.75, 3.05) is 10.2 Å². The van der Waals surface area contributed by atoms with Crippen molar-refractivity contribution in [3.8, 4) is 6.07 Å². The molecule has 0 aromatic heterocycles. The Labute approximate surface area is 214 Å². The highest BCUT2D eigenvalue weighted by Crippen LogP contribution is 2.42. The van der Waals surface area contributed by atoms with Crippen molar-refractivity contribution in [3.05, 3.63) is 110 Å². The summed E-state index contributed by atoms with van der Waals surface area (Å²) >= 11 is 7.01. The molecule has 8 nitrogen and oxygen atoms in total. The van der Waals surface area contributed by atoms with Gasteiger partial charge in [0.25, 0.3) is 11.6 Å². The Morgan fingerprint density at radius 1 is 1.17 bits per heavy atom. The first-order valence-corrected chi connectivity index (χ1v) is 11.7. The van der Waals surface area contributed by atoms with E-state index < -0.39 is 27.8 Å². The molecule has 1 heterocycles. The average molecular weight is 523 g/mol. The fourth-order valence-electron chi connectivity index (χ4n) is 3.55. The van der Waals surface area contributed by atoms with Crippen LogP contribution in [0.1, 0.15) is 5.56 Å². The number of carbonyl (C=O) groups is 2. The molecule has 1 fully saturated rings. The Hall–Kier alpha value is -4.20. The Morgan fingerprint density at radius 3 is 2.50 bits per heavy atom. The van der Waals surface area contributed by atoms with Crippen LogP contribution in [-0.2, 0) is 16.0 Å². The number of hydrogen-bond acceptors (Lipinski definition) is 6. The van der Waals surface area contributed by atoms with Gasteiger partial charge in [-0.25, -0.2) is 4.39 Å². The first-order valence-electron chi connectivity index (χ1n) is 10.5. The molecule has 1 saturated heterocycles. The van der Waals surface area contributed by atoms with Crippen LogP contribution in [0.25, 0.3) is 0 Å². The molecule has 0 saturated carbocycles. The zero-order valence-electron chi connectivity index (χ0n) is 18.4. The van der Waals surface area contributed by atoms with Crippen molar-refractivity contribution in [2.24, 2.45) is 0 Å². The average Bonchev–Trinajstić information content (AvgIpc) is 3.17. The maximum Gasteiger partial charge on any atom is 0.269 e. The van der Waals surface area contributed by atoms with Crippen molar-refractivity contribution >= 4 is 52.2 Å². The van der Waals surface area contributed by atoms with Gasteiger partial charge in [0.15, 0.2) is 0 Å². The zero-order chi connectivity index (χ0) is 25.8. The van der Waals surface area contributed by atoms with E-state index in [0.717, 1.165) is 23.9 Å². The van der Waals surface area contributed by atoms with Crippen LogP contribution in [-0.4, -0.2) is 22.0 Å². The van der Waals surface area contributed by atoms with E-state index >= 15 is 0 Å². The Balaban J connectivity index is 1.72. The molecule has 0 radical (unpaired) electrons. The van der Waals surface area contributed by atoms with Crippen LogP contribution in [0.2, 0.25) is 5.02 Å². The van der Waals surface area contributed by atoms with Gasteiger partial charge in [0.2, 0.25) is 5.91 Å². The number of nitrogens with one attached hydrogen (secondary N) is 1. The minimum absolute atomic E-state index is 0.107. The monoisotopic (exact) mass is 522 g/mol. The standard InChI is InChI=1S/C25H16ClFN4O4S/c26-16-4-10-19(11-5-16)30-24(33)22(13-15-2-1-3-20(12-15)31(34)35)36-25(30)21(14-28)23(32)29-18-8-6-17(27)7-9-18/h1-12,22H,13H2,(H,29,32)/b25-21+/t22-/m1/s1. The van der Waals surface area contributed by atoms with E-state index in [-0.39, 0.29) is 28.4 Å². The van der Waals surface area contributed by atoms with E-state index in [1.54, 1.807) is 30.3 Å². The molecule has 0 unspecified atom stereocenters. The minimum Gasteiger partial charge on any atom is -0.321 e. The quantitative estimate of drug-likeness (QED) is 0.199. The third-order valence-corrected chi connectivity index (χ3v) is 6.75. The second-order valence-corrected chi connectivity index (χ2v) is 9.27. The number of amides is 2. The van der Waals surface area contributed by atoms with Crippen LogP contribution in [0.3, 0.4) is 0 Å². The number of nitro benzene ring substituents is 1. The summed E-state index contributed by atoms with van der Waals surface area (Å²) in [5.74, 6) is -1.65. The van der Waals surface area contributed by atoms with Gasteiger partial charge in [-0.15, -0.1) is 0 Å². The van der Waals surface area contributed by atoms with E-state index in [4.69, 9.17) is 11.6 Å². The molecule has 3 aromatic carbocycles. The molecule has 1 aliphatic rings. The number of rotatable bonds is 6. The SMILES string of the molecule is N#C/C(C(=O)Nc1ccc(F)cc1)=C1\S[C@H](Cc2cccc([N+](=O)[O-])c2)C(=O)N1c1ccc(Cl)cc1. The van der Waals surface area contributed by atoms with Gasteiger partial charge in [0, 0.05) is 28.5 Å². The van der Waals surface area contributed by atoms with E-state index in [9.17, 15) is 29.4 Å². The second kappa shape index (κ2) is 10.6. The Bertz CT molecular complexity index is 1420. The van der Waals surface area contributed by atoms with Gasteiger partial charge < -0.3 is 5.32 Å². The molecule has 36 heavy (non-hydrogen) atoms. The van der Waals surface area contributed by atoms with Crippen LogP contribution >= 0.6 is 23.4 Å². The summed E-state index contributed by atoms with van der Waals surface area (Å²) in [7, 11) is 0. The molecular weight excluding hydrogens is 507 g/mol. The lowest BCUT2D eigenvalue weighted by Gasteiger charge is -2.19. The van der Waals surface area contributed by atoms with Crippen LogP contribution < -0.4 is 10.2 Å². The van der Waals surface area contributed by atoms with E-state index in [1.165, 1.54) is 35.2 Å². The number of hydrogen-bond donors (Lipinski definition) is 1. The molecule has 1 aliphatic heterocycles. The van der Waals surface area contributed by atoms with Crippen LogP contribution in [0, 0.1) is 27.3 Å². The number of thioether (sulfide) groups is 1. The van der Waals surface area contributed by atoms with Crippen molar-refractivity contribution < 1.29 is 18.9 Å². The number of nitriles is 1. The summed E-state index contributed by atoms with van der Waals surface area (Å²) in [5.41, 5.74) is 0.812. The summed E-state index contributed by atoms with van der Waals surface area (Å²) in [4.78, 5) is 38.4. The minimum atomic E-state index is -0.769. The predicted octanol–water partition coefficient (Wildman–Crippen LogP) is 5.45. The van der Waals surface area contributed by atoms with Gasteiger partial charge in [-0.2, -0.15) is 5.26 Å². The highest BCUT2D eigenvalue weighted by atomic mass is 35.5. The number of halogens is 2. The van der Waals surface area contributed by atoms with Crippen molar-refractivity contribution in [2.45, 2.75) is 11.7 Å². The first-order chi connectivity index (χ1) is 17.3. The zero-order valence-corrected chi connectivity index (χ0v) is 19.9. The van der Waals surface area contributed by atoms with Gasteiger partial charge in [0.1, 0.15) is 22.5 Å². The van der Waals surface area contributed by atoms with Gasteiger partial charge in [-0.1, -0.05) is 35.5 Å². The molecule has 1 atom stereocenters. The molecule has 0 aliphatic carbocycles. The molecule has 3 aromatic rings. The number of carbonyl (C=O) groups excluding carboxylic acids is 2. The fraction of sp³-hybridized carbons (Fsp3) is 0.0800. The summed E-state index contributed by atoms with van der Waals surface area (Å²) in [5, 5.41) is 23.4. The lowest BCUT2D eigenvalue weighted by molar-refractivity contribution is -0.384. The fourth-order valence-corrected chi connectivity index (χ4v) is 4.98. The van der Waals surface area contributed by atoms with Crippen molar-refractivity contribution in [1.29, 1.82) is 5.26 Å². The maximum atomic E-state index is 13.5. The van der Waals surface area contributed by atoms with Crippen LogP contribution in [0.4, 0.5) is 21.5 Å². The predicted molar refractivity (Wildman–Crippen MR) is 135 cm³/mol. The molecule has 0 bridgehead atoms. The topological polar surface area (TPSA) is 116 Å². The smallest absolute Gasteiger partial charge is 0.269 e. The largest absolute Gasteiger partial charge is 0.321 e. The summed E-state index contributed by atoms with van der Waals surface area (Å²) < 4.78 is 13.2. The van der Waals surface area contributed by atoms with Gasteiger partial charge >= 0.3 is 0 Å². The third-order valence-electron chi connectivity index (χ3n) is 5.23. The Morgan fingerprint density at radius 2 is 1.86 bits per heavy atom. The number of benzene rings is 3. The highest BCUT2D eigenvalue weighted by Gasteiger charge is 2.41. The lowest BCUT2D eigenvalue weighted by Crippen LogP contribution is -2.30. The van der Waals surface area contributed by atoms with Gasteiger partial charge in [-0.3, -0.25) is 24.6 Å². The van der Waals surface area contributed by atoms with Gasteiger partial charge in [0.05, 0.1) is 10.2 Å².